The zero-order valence-electron chi connectivity index (χ0n) is 19.1. The molecule has 0 bridgehead atoms. The fourth-order valence-corrected chi connectivity index (χ4v) is 4.71. The first-order chi connectivity index (χ1) is 15.8. The summed E-state index contributed by atoms with van der Waals surface area (Å²) >= 11 is 1.52. The third-order valence-electron chi connectivity index (χ3n) is 5.45. The maximum absolute atomic E-state index is 12.4. The van der Waals surface area contributed by atoms with Crippen molar-refractivity contribution < 1.29 is 4.79 Å². The van der Waals surface area contributed by atoms with E-state index in [4.69, 9.17) is 4.98 Å². The highest BCUT2D eigenvalue weighted by Crippen LogP contribution is 2.38. The minimum Gasteiger partial charge on any atom is -0.308 e. The molecule has 0 spiro atoms. The van der Waals surface area contributed by atoms with E-state index >= 15 is 0 Å². The number of nitrogens with one attached hydrogen (secondary N) is 2. The maximum atomic E-state index is 12.4. The van der Waals surface area contributed by atoms with Gasteiger partial charge in [-0.3, -0.25) is 4.79 Å². The van der Waals surface area contributed by atoms with Crippen LogP contribution in [-0.4, -0.2) is 24.0 Å². The van der Waals surface area contributed by atoms with Crippen LogP contribution in [0.25, 0.3) is 21.7 Å². The van der Waals surface area contributed by atoms with Crippen molar-refractivity contribution in [3.8, 4) is 21.7 Å². The van der Waals surface area contributed by atoms with Crippen LogP contribution in [0, 0.1) is 0 Å². The van der Waals surface area contributed by atoms with Crippen molar-refractivity contribution in [2.75, 3.05) is 18.4 Å². The van der Waals surface area contributed by atoms with Gasteiger partial charge < -0.3 is 10.6 Å². The Morgan fingerprint density at radius 3 is 2.06 bits per heavy atom. The Balaban J connectivity index is 1.47. The Hall–Kier alpha value is -2.50. The van der Waals surface area contributed by atoms with Crippen LogP contribution in [0.3, 0.4) is 0 Å². The largest absolute Gasteiger partial charge is 0.308 e. The van der Waals surface area contributed by atoms with E-state index in [1.807, 2.05) is 36.4 Å². The minimum absolute atomic E-state index is 0.0439. The standard InChI is InChI=1S/C27H35N3OS/c1-2-3-4-5-6-7-8-15-20-28-21-24(31)29-27-30-25(22-16-11-9-12-17-22)26(32-27)23-18-13-10-14-19-23/h9-14,16-19,28H,2-8,15,20-21H2,1H3,(H,29,30,31). The van der Waals surface area contributed by atoms with Crippen LogP contribution in [0.1, 0.15) is 58.3 Å². The Morgan fingerprint density at radius 2 is 1.41 bits per heavy atom. The molecule has 5 heteroatoms. The van der Waals surface area contributed by atoms with Gasteiger partial charge in [0.15, 0.2) is 5.13 Å². The first-order valence-electron chi connectivity index (χ1n) is 11.9. The Kier molecular flexibility index (Phi) is 10.4. The molecule has 0 fully saturated rings. The van der Waals surface area contributed by atoms with Crippen LogP contribution in [0.4, 0.5) is 5.13 Å². The SMILES string of the molecule is CCCCCCCCCCNCC(=O)Nc1nc(-c2ccccc2)c(-c2ccccc2)s1. The van der Waals surface area contributed by atoms with Gasteiger partial charge in [0.1, 0.15) is 0 Å². The number of anilines is 1. The molecule has 0 saturated carbocycles. The number of rotatable bonds is 14. The average molecular weight is 450 g/mol. The Labute approximate surface area is 196 Å². The summed E-state index contributed by atoms with van der Waals surface area (Å²) in [5.74, 6) is -0.0439. The molecule has 1 amide bonds. The minimum atomic E-state index is -0.0439. The van der Waals surface area contributed by atoms with Gasteiger partial charge in [0, 0.05) is 5.56 Å². The number of amides is 1. The lowest BCUT2D eigenvalue weighted by atomic mass is 10.1. The van der Waals surface area contributed by atoms with E-state index in [9.17, 15) is 4.79 Å². The summed E-state index contributed by atoms with van der Waals surface area (Å²) in [6, 6.07) is 20.3. The predicted molar refractivity (Wildman–Crippen MR) is 137 cm³/mol. The van der Waals surface area contributed by atoms with E-state index in [1.54, 1.807) is 0 Å². The second-order valence-electron chi connectivity index (χ2n) is 8.13. The van der Waals surface area contributed by atoms with Gasteiger partial charge in [0.2, 0.25) is 5.91 Å². The first-order valence-corrected chi connectivity index (χ1v) is 12.7. The topological polar surface area (TPSA) is 54.0 Å². The smallest absolute Gasteiger partial charge is 0.240 e. The van der Waals surface area contributed by atoms with Crippen LogP contribution >= 0.6 is 11.3 Å². The van der Waals surface area contributed by atoms with Gasteiger partial charge in [-0.1, -0.05) is 124 Å². The summed E-state index contributed by atoms with van der Waals surface area (Å²) in [6.07, 6.45) is 10.3. The number of hydrogen-bond acceptors (Lipinski definition) is 4. The molecule has 2 aromatic carbocycles. The van der Waals surface area contributed by atoms with Crippen LogP contribution < -0.4 is 10.6 Å². The lowest BCUT2D eigenvalue weighted by Gasteiger charge is -2.05. The number of unbranched alkanes of at least 4 members (excludes halogenated alkanes) is 7. The van der Waals surface area contributed by atoms with Crippen molar-refractivity contribution in [2.45, 2.75) is 58.3 Å². The summed E-state index contributed by atoms with van der Waals surface area (Å²) in [6.45, 7) is 3.45. The summed E-state index contributed by atoms with van der Waals surface area (Å²) < 4.78 is 0. The van der Waals surface area contributed by atoms with Crippen molar-refractivity contribution >= 4 is 22.4 Å². The van der Waals surface area contributed by atoms with Gasteiger partial charge in [-0.05, 0) is 18.5 Å². The van der Waals surface area contributed by atoms with Crippen LogP contribution in [0.5, 0.6) is 0 Å². The third kappa shape index (κ3) is 7.88. The molecule has 2 N–H and O–H groups in total. The molecule has 0 aliphatic rings. The van der Waals surface area contributed by atoms with Crippen molar-refractivity contribution in [2.24, 2.45) is 0 Å². The highest BCUT2D eigenvalue weighted by Gasteiger charge is 2.16. The number of nitrogens with zero attached hydrogens (tertiary/aromatic N) is 1. The molecule has 1 aromatic heterocycles. The van der Waals surface area contributed by atoms with Crippen molar-refractivity contribution in [3.63, 3.8) is 0 Å². The van der Waals surface area contributed by atoms with Gasteiger partial charge in [-0.25, -0.2) is 4.98 Å². The first kappa shape index (κ1) is 24.1. The normalized spacial score (nSPS) is 10.9. The molecule has 3 rings (SSSR count). The fourth-order valence-electron chi connectivity index (χ4n) is 3.70. The predicted octanol–water partition coefficient (Wildman–Crippen LogP) is 7.15. The lowest BCUT2D eigenvalue weighted by molar-refractivity contribution is -0.115. The monoisotopic (exact) mass is 449 g/mol. The molecular weight excluding hydrogens is 414 g/mol. The molecule has 0 radical (unpaired) electrons. The number of aromatic nitrogens is 1. The highest BCUT2D eigenvalue weighted by molar-refractivity contribution is 7.19. The fraction of sp³-hybridized carbons (Fsp3) is 0.407. The third-order valence-corrected chi connectivity index (χ3v) is 6.47. The lowest BCUT2D eigenvalue weighted by Crippen LogP contribution is -2.28. The van der Waals surface area contributed by atoms with Crippen molar-refractivity contribution in [1.82, 2.24) is 10.3 Å². The second-order valence-corrected chi connectivity index (χ2v) is 9.13. The van der Waals surface area contributed by atoms with Gasteiger partial charge in [0.25, 0.3) is 0 Å². The maximum Gasteiger partial charge on any atom is 0.240 e. The molecule has 4 nitrogen and oxygen atoms in total. The van der Waals surface area contributed by atoms with Crippen molar-refractivity contribution in [3.05, 3.63) is 60.7 Å². The van der Waals surface area contributed by atoms with E-state index in [2.05, 4.69) is 41.8 Å². The summed E-state index contributed by atoms with van der Waals surface area (Å²) in [7, 11) is 0. The van der Waals surface area contributed by atoms with Crippen molar-refractivity contribution in [1.29, 1.82) is 0 Å². The van der Waals surface area contributed by atoms with E-state index < -0.39 is 0 Å². The number of carbonyl (C=O) groups is 1. The van der Waals surface area contributed by atoms with E-state index in [1.165, 1.54) is 56.3 Å². The molecule has 1 heterocycles. The zero-order valence-corrected chi connectivity index (χ0v) is 19.9. The van der Waals surface area contributed by atoms with Gasteiger partial charge in [0.05, 0.1) is 17.1 Å². The van der Waals surface area contributed by atoms with E-state index in [0.717, 1.165) is 34.7 Å². The summed E-state index contributed by atoms with van der Waals surface area (Å²) in [5, 5.41) is 6.89. The molecule has 170 valence electrons. The average Bonchev–Trinajstić information content (AvgIpc) is 3.25. The molecule has 0 aliphatic heterocycles. The number of hydrogen-bond donors (Lipinski definition) is 2. The second kappa shape index (κ2) is 13.8. The van der Waals surface area contributed by atoms with E-state index in [-0.39, 0.29) is 5.91 Å². The van der Waals surface area contributed by atoms with Crippen LogP contribution in [0.2, 0.25) is 0 Å². The van der Waals surface area contributed by atoms with Gasteiger partial charge in [-0.15, -0.1) is 0 Å². The quantitative estimate of drug-likeness (QED) is 0.257. The number of carbonyl (C=O) groups excluding carboxylic acids is 1. The Bertz CT molecular complexity index is 868. The highest BCUT2D eigenvalue weighted by atomic mass is 32.1. The molecule has 3 aromatic rings. The van der Waals surface area contributed by atoms with E-state index in [0.29, 0.717) is 11.7 Å². The summed E-state index contributed by atoms with van der Waals surface area (Å²) in [5.41, 5.74) is 3.07. The molecule has 0 atom stereocenters. The zero-order chi connectivity index (χ0) is 22.4. The van der Waals surface area contributed by atoms with Crippen LogP contribution in [-0.2, 0) is 4.79 Å². The molecule has 32 heavy (non-hydrogen) atoms. The Morgan fingerprint density at radius 1 is 0.812 bits per heavy atom. The number of thiazole rings is 1. The number of benzene rings is 2. The molecular formula is C27H35N3OS. The van der Waals surface area contributed by atoms with Gasteiger partial charge in [-0.2, -0.15) is 0 Å². The molecule has 0 unspecified atom stereocenters. The summed E-state index contributed by atoms with van der Waals surface area (Å²) in [4.78, 5) is 18.3. The van der Waals surface area contributed by atoms with Crippen LogP contribution in [0.15, 0.2) is 60.7 Å². The molecule has 0 saturated heterocycles. The van der Waals surface area contributed by atoms with Gasteiger partial charge >= 0.3 is 0 Å². The molecule has 0 aliphatic carbocycles.